The summed E-state index contributed by atoms with van der Waals surface area (Å²) in [6, 6.07) is 7.91. The number of ketones is 1. The minimum atomic E-state index is -4.19. The largest absolute Gasteiger partial charge is 0.493 e. The van der Waals surface area contributed by atoms with Crippen molar-refractivity contribution < 1.29 is 28.0 Å². The molecule has 262 valence electrons. The van der Waals surface area contributed by atoms with E-state index in [4.69, 9.17) is 13.8 Å². The Labute approximate surface area is 276 Å². The second kappa shape index (κ2) is 27.8. The van der Waals surface area contributed by atoms with Crippen molar-refractivity contribution in [2.45, 2.75) is 149 Å². The molecule has 1 rings (SSSR count). The first-order valence-corrected chi connectivity index (χ1v) is 19.8. The molecule has 0 fully saturated rings. The maximum absolute atomic E-state index is 12.5. The number of unbranched alkanes of at least 4 members (excludes halogenated alkanes) is 15. The number of carbonyl (C=O) groups is 1. The minimum Gasteiger partial charge on any atom is -0.493 e. The van der Waals surface area contributed by atoms with Gasteiger partial charge in [-0.1, -0.05) is 128 Å². The van der Waals surface area contributed by atoms with E-state index in [1.54, 1.807) is 0 Å². The van der Waals surface area contributed by atoms with Gasteiger partial charge >= 0.3 is 7.82 Å². The third kappa shape index (κ3) is 24.6. The molecule has 8 heteroatoms. The molecule has 7 nitrogen and oxygen atoms in total. The number of phosphoric ester groups is 1. The number of hydrogen-bond acceptors (Lipinski definition) is 6. The van der Waals surface area contributed by atoms with Crippen LogP contribution in [0.5, 0.6) is 5.75 Å². The van der Waals surface area contributed by atoms with E-state index in [1.165, 1.54) is 96.3 Å². The number of phosphoric acid groups is 1. The zero-order valence-corrected chi connectivity index (χ0v) is 30.3. The van der Waals surface area contributed by atoms with E-state index in [2.05, 4.69) is 6.92 Å². The van der Waals surface area contributed by atoms with Crippen LogP contribution in [0.3, 0.4) is 0 Å². The number of ether oxygens (including phenoxy) is 1. The van der Waals surface area contributed by atoms with Gasteiger partial charge in [0.1, 0.15) is 11.5 Å². The van der Waals surface area contributed by atoms with Crippen molar-refractivity contribution in [3.05, 3.63) is 29.8 Å². The Bertz CT molecular complexity index is 895. The van der Waals surface area contributed by atoms with Crippen LogP contribution in [0, 0.1) is 5.92 Å². The molecule has 0 saturated carbocycles. The third-order valence-corrected chi connectivity index (χ3v) is 9.24. The smallest absolute Gasteiger partial charge is 0.472 e. The Hall–Kier alpha value is -1.24. The predicted octanol–water partition coefficient (Wildman–Crippen LogP) is 10.3. The molecule has 1 aromatic carbocycles. The summed E-state index contributed by atoms with van der Waals surface area (Å²) in [6.45, 7) is 5.80. The normalized spacial score (nSPS) is 13.6. The Kier molecular flexibility index (Phi) is 25.8. The van der Waals surface area contributed by atoms with Crippen molar-refractivity contribution in [2.24, 2.45) is 5.92 Å². The highest BCUT2D eigenvalue weighted by Crippen LogP contribution is 2.44. The molecule has 2 unspecified atom stereocenters. The molecule has 0 aliphatic heterocycles. The number of hydrogen-bond donors (Lipinski definition) is 1. The molecule has 0 aromatic heterocycles. The van der Waals surface area contributed by atoms with Crippen molar-refractivity contribution in [1.82, 2.24) is 4.90 Å². The van der Waals surface area contributed by atoms with Gasteiger partial charge in [0.15, 0.2) is 0 Å². The molecule has 1 aromatic rings. The van der Waals surface area contributed by atoms with E-state index >= 15 is 0 Å². The summed E-state index contributed by atoms with van der Waals surface area (Å²) in [5.41, 5.74) is 0.992. The second-order valence-electron chi connectivity index (χ2n) is 13.1. The van der Waals surface area contributed by atoms with Crippen LogP contribution >= 0.6 is 7.82 Å². The molecular weight excluding hydrogens is 585 g/mol. The van der Waals surface area contributed by atoms with Gasteiger partial charge in [-0.25, -0.2) is 4.57 Å². The summed E-state index contributed by atoms with van der Waals surface area (Å²) in [5, 5.41) is 0. The maximum atomic E-state index is 12.5. The van der Waals surface area contributed by atoms with E-state index in [-0.39, 0.29) is 24.9 Å². The summed E-state index contributed by atoms with van der Waals surface area (Å²) in [7, 11) is -0.311. The first-order valence-electron chi connectivity index (χ1n) is 18.3. The Morgan fingerprint density at radius 3 is 1.87 bits per heavy atom. The van der Waals surface area contributed by atoms with Crippen molar-refractivity contribution in [2.75, 3.05) is 40.5 Å². The number of carbonyl (C=O) groups excluding carboxylic acids is 1. The molecule has 2 atom stereocenters. The fourth-order valence-corrected chi connectivity index (χ4v) is 6.48. The van der Waals surface area contributed by atoms with Gasteiger partial charge in [0.2, 0.25) is 0 Å². The van der Waals surface area contributed by atoms with Gasteiger partial charge in [0, 0.05) is 12.8 Å². The Morgan fingerprint density at radius 2 is 1.31 bits per heavy atom. The van der Waals surface area contributed by atoms with Gasteiger partial charge in [-0.05, 0) is 63.9 Å². The third-order valence-electron chi connectivity index (χ3n) is 8.26. The van der Waals surface area contributed by atoms with E-state index in [1.807, 2.05) is 50.2 Å². The van der Waals surface area contributed by atoms with Crippen LogP contribution in [-0.2, 0) is 24.8 Å². The lowest BCUT2D eigenvalue weighted by Crippen LogP contribution is -2.18. The maximum Gasteiger partial charge on any atom is 0.472 e. The molecule has 0 amide bonds. The standard InChI is InChI=1S/C37H68NO6P/c1-5-7-8-9-10-11-12-13-14-15-16-17-18-19-20-23-29-42-37-27-22-21-26-35(37)31-34(32-36(39)25-6-2)33-44-45(40,41)43-30-24-28-38(3)4/h21-22,26-27,34H,5-20,23-25,28-33H2,1-4H3,(H,40,41). The zero-order chi connectivity index (χ0) is 33.0. The van der Waals surface area contributed by atoms with E-state index < -0.39 is 7.82 Å². The van der Waals surface area contributed by atoms with Gasteiger partial charge in [0.05, 0.1) is 19.8 Å². The SMILES string of the molecule is CCCCCCCCCCCCCCCCCCOc1ccccc1CC(COP(=O)(O)OCCCN(C)C)CC(=O)CCC. The molecule has 0 aliphatic carbocycles. The first kappa shape index (κ1) is 41.8. The Balaban J connectivity index is 2.35. The van der Waals surface area contributed by atoms with Crippen LogP contribution in [0.2, 0.25) is 0 Å². The summed E-state index contributed by atoms with van der Waals surface area (Å²) in [5.74, 6) is 0.714. The van der Waals surface area contributed by atoms with Gasteiger partial charge in [-0.3, -0.25) is 13.8 Å². The van der Waals surface area contributed by atoms with Crippen LogP contribution < -0.4 is 4.74 Å². The highest BCUT2D eigenvalue weighted by molar-refractivity contribution is 7.47. The molecule has 45 heavy (non-hydrogen) atoms. The lowest BCUT2D eigenvalue weighted by molar-refractivity contribution is -0.120. The molecule has 0 aliphatic rings. The highest BCUT2D eigenvalue weighted by atomic mass is 31.2. The molecule has 0 heterocycles. The monoisotopic (exact) mass is 653 g/mol. The summed E-state index contributed by atoms with van der Waals surface area (Å²) >= 11 is 0. The number of nitrogens with zero attached hydrogens (tertiary/aromatic N) is 1. The second-order valence-corrected chi connectivity index (χ2v) is 14.5. The van der Waals surface area contributed by atoms with Crippen LogP contribution in [0.25, 0.3) is 0 Å². The van der Waals surface area contributed by atoms with Crippen LogP contribution in [-0.4, -0.2) is 56.0 Å². The Morgan fingerprint density at radius 1 is 0.756 bits per heavy atom. The minimum absolute atomic E-state index is 0.0234. The van der Waals surface area contributed by atoms with Crippen LogP contribution in [0.1, 0.15) is 148 Å². The average Bonchev–Trinajstić information content (AvgIpc) is 3.00. The summed E-state index contributed by atoms with van der Waals surface area (Å²) < 4.78 is 29.2. The van der Waals surface area contributed by atoms with Gasteiger partial charge < -0.3 is 14.5 Å². The van der Waals surface area contributed by atoms with E-state index in [0.29, 0.717) is 32.3 Å². The average molecular weight is 654 g/mol. The fourth-order valence-electron chi connectivity index (χ4n) is 5.65. The lowest BCUT2D eigenvalue weighted by atomic mass is 9.93. The zero-order valence-electron chi connectivity index (χ0n) is 29.4. The topological polar surface area (TPSA) is 85.3 Å². The molecule has 0 radical (unpaired) electrons. The summed E-state index contributed by atoms with van der Waals surface area (Å²) in [6.07, 6.45) is 24.2. The molecule has 0 saturated heterocycles. The lowest BCUT2D eigenvalue weighted by Gasteiger charge is -2.20. The van der Waals surface area contributed by atoms with Crippen molar-refractivity contribution in [3.63, 3.8) is 0 Å². The molecule has 0 spiro atoms. The fraction of sp³-hybridized carbons (Fsp3) is 0.811. The highest BCUT2D eigenvalue weighted by Gasteiger charge is 2.25. The number of para-hydroxylation sites is 1. The van der Waals surface area contributed by atoms with Crippen molar-refractivity contribution in [1.29, 1.82) is 0 Å². The van der Waals surface area contributed by atoms with Crippen molar-refractivity contribution in [3.8, 4) is 5.75 Å². The predicted molar refractivity (Wildman–Crippen MR) is 188 cm³/mol. The molecule has 1 N–H and O–H groups in total. The first-order chi connectivity index (χ1) is 21.8. The van der Waals surface area contributed by atoms with E-state index in [0.717, 1.165) is 30.7 Å². The number of benzene rings is 1. The van der Waals surface area contributed by atoms with Crippen LogP contribution in [0.15, 0.2) is 24.3 Å². The van der Waals surface area contributed by atoms with Crippen molar-refractivity contribution >= 4 is 13.6 Å². The van der Waals surface area contributed by atoms with Crippen LogP contribution in [0.4, 0.5) is 0 Å². The van der Waals surface area contributed by atoms with Gasteiger partial charge in [-0.2, -0.15) is 0 Å². The number of Topliss-reactive ketones (excluding diaryl/α,β-unsaturated/α-hetero) is 1. The van der Waals surface area contributed by atoms with Gasteiger partial charge in [0.25, 0.3) is 0 Å². The van der Waals surface area contributed by atoms with Gasteiger partial charge in [-0.15, -0.1) is 0 Å². The summed E-state index contributed by atoms with van der Waals surface area (Å²) in [4.78, 5) is 24.7. The van der Waals surface area contributed by atoms with E-state index in [9.17, 15) is 14.3 Å². The quantitative estimate of drug-likeness (QED) is 0.0612. The molecule has 0 bridgehead atoms. The molecular formula is C37H68NO6P. The number of rotatable bonds is 32.